The van der Waals surface area contributed by atoms with Crippen LogP contribution in [0.25, 0.3) is 0 Å². The zero-order valence-corrected chi connectivity index (χ0v) is 11.1. The molecule has 2 N–H and O–H groups in total. The Kier molecular flexibility index (Phi) is 3.34. The second-order valence-electron chi connectivity index (χ2n) is 4.53. The number of rotatable bonds is 3. The number of fused-ring (bicyclic) bond motifs is 1. The number of H-pyrrole nitrogens is 1. The minimum atomic E-state index is 0.184. The first-order chi connectivity index (χ1) is 8.84. The molecule has 0 aliphatic carbocycles. The van der Waals surface area contributed by atoms with Gasteiger partial charge < -0.3 is 0 Å². The Hall–Kier alpha value is -1.33. The van der Waals surface area contributed by atoms with E-state index in [0.717, 1.165) is 17.3 Å². The molecular formula is C13H16N4S. The summed E-state index contributed by atoms with van der Waals surface area (Å²) < 4.78 is 0. The SMILES string of the molecule is CC(NC1CSCc2ccccc21)c1ncn[nH]1. The largest absolute Gasteiger partial charge is 0.300 e. The van der Waals surface area contributed by atoms with Crippen LogP contribution in [0.2, 0.25) is 0 Å². The Balaban J connectivity index is 1.78. The van der Waals surface area contributed by atoms with E-state index in [1.54, 1.807) is 6.33 Å². The summed E-state index contributed by atoms with van der Waals surface area (Å²) in [7, 11) is 0. The lowest BCUT2D eigenvalue weighted by Crippen LogP contribution is -2.29. The van der Waals surface area contributed by atoms with Crippen molar-refractivity contribution in [3.8, 4) is 0 Å². The van der Waals surface area contributed by atoms with Crippen molar-refractivity contribution < 1.29 is 0 Å². The van der Waals surface area contributed by atoms with Gasteiger partial charge in [0.15, 0.2) is 0 Å². The molecule has 2 aromatic rings. The normalized spacial score (nSPS) is 20.4. The smallest absolute Gasteiger partial charge is 0.141 e. The van der Waals surface area contributed by atoms with Crippen LogP contribution >= 0.6 is 11.8 Å². The maximum absolute atomic E-state index is 4.20. The van der Waals surface area contributed by atoms with E-state index >= 15 is 0 Å². The number of hydrogen-bond acceptors (Lipinski definition) is 4. The second-order valence-corrected chi connectivity index (χ2v) is 5.56. The average Bonchev–Trinajstić information content (AvgIpc) is 2.93. The van der Waals surface area contributed by atoms with E-state index in [2.05, 4.69) is 51.7 Å². The van der Waals surface area contributed by atoms with Crippen molar-refractivity contribution in [1.29, 1.82) is 0 Å². The molecule has 0 bridgehead atoms. The molecule has 0 saturated heterocycles. The van der Waals surface area contributed by atoms with Gasteiger partial charge in [0.1, 0.15) is 12.2 Å². The van der Waals surface area contributed by atoms with Crippen molar-refractivity contribution >= 4 is 11.8 Å². The van der Waals surface area contributed by atoms with Crippen molar-refractivity contribution in [2.75, 3.05) is 5.75 Å². The fourth-order valence-corrected chi connectivity index (χ4v) is 3.44. The monoisotopic (exact) mass is 260 g/mol. The van der Waals surface area contributed by atoms with Crippen molar-refractivity contribution in [2.24, 2.45) is 0 Å². The molecule has 2 atom stereocenters. The fourth-order valence-electron chi connectivity index (χ4n) is 2.32. The summed E-state index contributed by atoms with van der Waals surface area (Å²) in [5.74, 6) is 3.11. The zero-order chi connectivity index (χ0) is 12.4. The summed E-state index contributed by atoms with van der Waals surface area (Å²) in [5, 5.41) is 10.4. The lowest BCUT2D eigenvalue weighted by molar-refractivity contribution is 0.478. The fraction of sp³-hybridized carbons (Fsp3) is 0.385. The molecule has 0 spiro atoms. The van der Waals surface area contributed by atoms with Gasteiger partial charge in [0.2, 0.25) is 0 Å². The lowest BCUT2D eigenvalue weighted by Gasteiger charge is -2.28. The number of aromatic amines is 1. The molecule has 1 aromatic carbocycles. The molecule has 3 rings (SSSR count). The van der Waals surface area contributed by atoms with Gasteiger partial charge in [-0.25, -0.2) is 4.98 Å². The van der Waals surface area contributed by atoms with E-state index < -0.39 is 0 Å². The molecule has 18 heavy (non-hydrogen) atoms. The molecule has 2 heterocycles. The number of hydrogen-bond donors (Lipinski definition) is 2. The average molecular weight is 260 g/mol. The molecule has 4 nitrogen and oxygen atoms in total. The van der Waals surface area contributed by atoms with Crippen LogP contribution in [0.4, 0.5) is 0 Å². The summed E-state index contributed by atoms with van der Waals surface area (Å²) >= 11 is 1.98. The molecule has 2 unspecified atom stereocenters. The van der Waals surface area contributed by atoms with Crippen LogP contribution < -0.4 is 5.32 Å². The number of benzene rings is 1. The van der Waals surface area contributed by atoms with Crippen LogP contribution in [0.5, 0.6) is 0 Å². The van der Waals surface area contributed by atoms with Gasteiger partial charge in [0.05, 0.1) is 6.04 Å². The molecule has 0 saturated carbocycles. The maximum Gasteiger partial charge on any atom is 0.141 e. The second kappa shape index (κ2) is 5.12. The topological polar surface area (TPSA) is 53.6 Å². The van der Waals surface area contributed by atoms with E-state index in [4.69, 9.17) is 0 Å². The lowest BCUT2D eigenvalue weighted by atomic mass is 10.0. The van der Waals surface area contributed by atoms with Gasteiger partial charge in [-0.2, -0.15) is 16.9 Å². The van der Waals surface area contributed by atoms with Crippen LogP contribution in [0, 0.1) is 0 Å². The molecule has 0 radical (unpaired) electrons. The van der Waals surface area contributed by atoms with E-state index in [9.17, 15) is 0 Å². The quantitative estimate of drug-likeness (QED) is 0.890. The third kappa shape index (κ3) is 2.28. The Morgan fingerprint density at radius 3 is 3.17 bits per heavy atom. The first-order valence-electron chi connectivity index (χ1n) is 6.11. The van der Waals surface area contributed by atoms with E-state index in [1.807, 2.05) is 11.8 Å². The summed E-state index contributed by atoms with van der Waals surface area (Å²) in [6, 6.07) is 9.24. The third-order valence-corrected chi connectivity index (χ3v) is 4.35. The van der Waals surface area contributed by atoms with Crippen molar-refractivity contribution in [1.82, 2.24) is 20.5 Å². The molecule has 94 valence electrons. The third-order valence-electron chi connectivity index (χ3n) is 3.27. The van der Waals surface area contributed by atoms with Gasteiger partial charge >= 0.3 is 0 Å². The van der Waals surface area contributed by atoms with Crippen LogP contribution in [0.3, 0.4) is 0 Å². The van der Waals surface area contributed by atoms with Crippen molar-refractivity contribution in [3.05, 3.63) is 47.5 Å². The number of nitrogens with one attached hydrogen (secondary N) is 2. The number of thioether (sulfide) groups is 1. The predicted octanol–water partition coefficient (Wildman–Crippen LogP) is 2.44. The minimum absolute atomic E-state index is 0.184. The molecule has 1 aliphatic heterocycles. The Bertz CT molecular complexity index is 511. The van der Waals surface area contributed by atoms with Gasteiger partial charge in [-0.3, -0.25) is 10.4 Å². The first-order valence-corrected chi connectivity index (χ1v) is 7.27. The van der Waals surface area contributed by atoms with E-state index in [1.165, 1.54) is 11.1 Å². The molecule has 1 aromatic heterocycles. The minimum Gasteiger partial charge on any atom is -0.300 e. The summed E-state index contributed by atoms with van der Waals surface area (Å²) in [6.45, 7) is 2.11. The van der Waals surface area contributed by atoms with Gasteiger partial charge in [0, 0.05) is 17.5 Å². The number of nitrogens with zero attached hydrogens (tertiary/aromatic N) is 2. The molecule has 0 fully saturated rings. The van der Waals surface area contributed by atoms with Gasteiger partial charge in [-0.1, -0.05) is 24.3 Å². The van der Waals surface area contributed by atoms with E-state index in [-0.39, 0.29) is 6.04 Å². The van der Waals surface area contributed by atoms with Crippen LogP contribution in [0.1, 0.15) is 36.0 Å². The van der Waals surface area contributed by atoms with E-state index in [0.29, 0.717) is 6.04 Å². The van der Waals surface area contributed by atoms with Crippen molar-refractivity contribution in [3.63, 3.8) is 0 Å². The first kappa shape index (κ1) is 11.7. The highest BCUT2D eigenvalue weighted by Crippen LogP contribution is 2.32. The Labute approximate surface area is 111 Å². The zero-order valence-electron chi connectivity index (χ0n) is 10.3. The molecule has 1 aliphatic rings. The Morgan fingerprint density at radius 1 is 1.44 bits per heavy atom. The van der Waals surface area contributed by atoms with Gasteiger partial charge in [-0.15, -0.1) is 0 Å². The summed E-state index contributed by atoms with van der Waals surface area (Å²) in [6.07, 6.45) is 1.55. The molecule has 5 heteroatoms. The highest BCUT2D eigenvalue weighted by Gasteiger charge is 2.22. The summed E-state index contributed by atoms with van der Waals surface area (Å²) in [4.78, 5) is 4.20. The predicted molar refractivity (Wildman–Crippen MR) is 73.3 cm³/mol. The van der Waals surface area contributed by atoms with Crippen molar-refractivity contribution in [2.45, 2.75) is 24.8 Å². The molecule has 0 amide bonds. The molecular weight excluding hydrogens is 244 g/mol. The standard InChI is InChI=1S/C13H16N4S/c1-9(13-14-8-15-17-13)16-12-7-18-6-10-4-2-3-5-11(10)12/h2-5,8-9,12,16H,6-7H2,1H3,(H,14,15,17). The van der Waals surface area contributed by atoms with Gasteiger partial charge in [-0.05, 0) is 18.1 Å². The maximum atomic E-state index is 4.20. The Morgan fingerprint density at radius 2 is 2.33 bits per heavy atom. The highest BCUT2D eigenvalue weighted by molar-refractivity contribution is 7.98. The van der Waals surface area contributed by atoms with Crippen LogP contribution in [-0.2, 0) is 5.75 Å². The summed E-state index contributed by atoms with van der Waals surface area (Å²) in [5.41, 5.74) is 2.86. The van der Waals surface area contributed by atoms with Crippen LogP contribution in [0.15, 0.2) is 30.6 Å². The highest BCUT2D eigenvalue weighted by atomic mass is 32.2. The van der Waals surface area contributed by atoms with Gasteiger partial charge in [0.25, 0.3) is 0 Å². The van der Waals surface area contributed by atoms with Crippen LogP contribution in [-0.4, -0.2) is 20.9 Å². The number of aromatic nitrogens is 3.